The van der Waals surface area contributed by atoms with E-state index in [-0.39, 0.29) is 5.91 Å². The van der Waals surface area contributed by atoms with Gasteiger partial charge in [0.1, 0.15) is 0 Å². The quantitative estimate of drug-likeness (QED) is 0.549. The highest BCUT2D eigenvalue weighted by Gasteiger charge is 2.13. The molecule has 0 spiro atoms. The summed E-state index contributed by atoms with van der Waals surface area (Å²) in [5.41, 5.74) is 0.928. The van der Waals surface area contributed by atoms with Gasteiger partial charge in [-0.1, -0.05) is 30.4 Å². The van der Waals surface area contributed by atoms with Gasteiger partial charge in [0, 0.05) is 19.2 Å². The first-order chi connectivity index (χ1) is 12.7. The van der Waals surface area contributed by atoms with Gasteiger partial charge in [-0.25, -0.2) is 0 Å². The number of piperidine rings is 1. The third kappa shape index (κ3) is 5.41. The minimum Gasteiger partial charge on any atom is -0.493 e. The van der Waals surface area contributed by atoms with Crippen LogP contribution in [0.3, 0.4) is 0 Å². The number of likely N-dealkylation sites (tertiary alicyclic amines) is 1. The predicted octanol–water partition coefficient (Wildman–Crippen LogP) is 3.85. The molecule has 0 bridgehead atoms. The number of rotatable bonds is 7. The lowest BCUT2D eigenvalue weighted by molar-refractivity contribution is -0.126. The molecule has 1 aromatic carbocycles. The number of ether oxygens (including phenoxy) is 3. The number of hydrogen-bond acceptors (Lipinski definition) is 4. The summed E-state index contributed by atoms with van der Waals surface area (Å²) in [7, 11) is 4.76. The molecule has 0 atom stereocenters. The van der Waals surface area contributed by atoms with Crippen molar-refractivity contribution in [2.75, 3.05) is 34.4 Å². The smallest absolute Gasteiger partial charge is 0.246 e. The van der Waals surface area contributed by atoms with Crippen molar-refractivity contribution in [3.8, 4) is 17.2 Å². The number of benzene rings is 1. The minimum atomic E-state index is 0.0861. The molecular weight excluding hydrogens is 330 g/mol. The van der Waals surface area contributed by atoms with E-state index in [9.17, 15) is 4.79 Å². The second-order valence-corrected chi connectivity index (χ2v) is 5.95. The predicted molar refractivity (Wildman–Crippen MR) is 104 cm³/mol. The molecule has 0 N–H and O–H groups in total. The first-order valence-electron chi connectivity index (χ1n) is 8.80. The van der Waals surface area contributed by atoms with Gasteiger partial charge in [-0.05, 0) is 37.0 Å². The Kier molecular flexibility index (Phi) is 7.80. The van der Waals surface area contributed by atoms with Crippen LogP contribution in [-0.2, 0) is 4.79 Å². The highest BCUT2D eigenvalue weighted by molar-refractivity contribution is 5.87. The normalized spacial score (nSPS) is 15.1. The van der Waals surface area contributed by atoms with Gasteiger partial charge < -0.3 is 19.1 Å². The van der Waals surface area contributed by atoms with Gasteiger partial charge >= 0.3 is 0 Å². The van der Waals surface area contributed by atoms with Crippen molar-refractivity contribution < 1.29 is 19.0 Å². The Bertz CT molecular complexity index is 660. The van der Waals surface area contributed by atoms with Gasteiger partial charge in [0.2, 0.25) is 11.7 Å². The van der Waals surface area contributed by atoms with Crippen LogP contribution in [0, 0.1) is 0 Å². The third-order valence-corrected chi connectivity index (χ3v) is 4.22. The number of allylic oxidation sites excluding steroid dienone is 4. The van der Waals surface area contributed by atoms with Crippen LogP contribution < -0.4 is 14.2 Å². The van der Waals surface area contributed by atoms with Gasteiger partial charge in [-0.15, -0.1) is 0 Å². The molecule has 2 rings (SSSR count). The number of nitrogens with zero attached hydrogens (tertiary/aromatic N) is 1. The summed E-state index contributed by atoms with van der Waals surface area (Å²) in [6, 6.07) is 3.75. The number of hydrogen-bond donors (Lipinski definition) is 0. The molecule has 0 saturated carbocycles. The van der Waals surface area contributed by atoms with Crippen LogP contribution in [0.5, 0.6) is 17.2 Å². The van der Waals surface area contributed by atoms with Crippen LogP contribution >= 0.6 is 0 Å². The molecule has 1 heterocycles. The molecule has 26 heavy (non-hydrogen) atoms. The Morgan fingerprint density at radius 1 is 0.885 bits per heavy atom. The largest absolute Gasteiger partial charge is 0.493 e. The summed E-state index contributed by atoms with van der Waals surface area (Å²) in [6.07, 6.45) is 14.4. The molecule has 1 fully saturated rings. The maximum Gasteiger partial charge on any atom is 0.246 e. The minimum absolute atomic E-state index is 0.0861. The van der Waals surface area contributed by atoms with Crippen LogP contribution in [0.25, 0.3) is 6.08 Å². The summed E-state index contributed by atoms with van der Waals surface area (Å²) < 4.78 is 16.0. The van der Waals surface area contributed by atoms with Gasteiger partial charge in [0.05, 0.1) is 21.3 Å². The topological polar surface area (TPSA) is 48.0 Å². The van der Waals surface area contributed by atoms with E-state index >= 15 is 0 Å². The van der Waals surface area contributed by atoms with Crippen molar-refractivity contribution in [1.29, 1.82) is 0 Å². The molecule has 1 saturated heterocycles. The first-order valence-corrected chi connectivity index (χ1v) is 8.80. The molecular formula is C21H27NO4. The first kappa shape index (κ1) is 19.6. The van der Waals surface area contributed by atoms with Crippen LogP contribution in [0.2, 0.25) is 0 Å². The van der Waals surface area contributed by atoms with Gasteiger partial charge in [-0.3, -0.25) is 4.79 Å². The van der Waals surface area contributed by atoms with E-state index in [1.165, 1.54) is 6.42 Å². The molecule has 140 valence electrons. The fourth-order valence-corrected chi connectivity index (χ4v) is 2.85. The molecule has 0 aromatic heterocycles. The van der Waals surface area contributed by atoms with E-state index in [0.717, 1.165) is 31.5 Å². The SMILES string of the molecule is COc1cc(/C=C/C=C/C=C/C(=O)N2CCCCC2)cc(OC)c1OC. The highest BCUT2D eigenvalue weighted by atomic mass is 16.5. The molecule has 0 unspecified atom stereocenters. The Balaban J connectivity index is 1.95. The summed E-state index contributed by atoms with van der Waals surface area (Å²) >= 11 is 0. The zero-order valence-corrected chi connectivity index (χ0v) is 15.7. The fraction of sp³-hybridized carbons (Fsp3) is 0.381. The van der Waals surface area contributed by atoms with Crippen LogP contribution in [0.4, 0.5) is 0 Å². The average Bonchev–Trinajstić information content (AvgIpc) is 2.70. The summed E-state index contributed by atoms with van der Waals surface area (Å²) in [6.45, 7) is 1.74. The molecule has 1 aliphatic heterocycles. The number of methoxy groups -OCH3 is 3. The van der Waals surface area contributed by atoms with Gasteiger partial charge in [-0.2, -0.15) is 0 Å². The van der Waals surface area contributed by atoms with E-state index in [4.69, 9.17) is 14.2 Å². The van der Waals surface area contributed by atoms with Crippen molar-refractivity contribution >= 4 is 12.0 Å². The summed E-state index contributed by atoms with van der Waals surface area (Å²) in [5.74, 6) is 1.88. The van der Waals surface area contributed by atoms with Gasteiger partial charge in [0.15, 0.2) is 11.5 Å². The lowest BCUT2D eigenvalue weighted by Crippen LogP contribution is -2.34. The lowest BCUT2D eigenvalue weighted by atomic mass is 10.1. The Labute approximate surface area is 155 Å². The number of carbonyl (C=O) groups is 1. The van der Waals surface area contributed by atoms with E-state index < -0.39 is 0 Å². The Morgan fingerprint density at radius 2 is 1.50 bits per heavy atom. The van der Waals surface area contributed by atoms with Crippen molar-refractivity contribution in [3.63, 3.8) is 0 Å². The van der Waals surface area contributed by atoms with E-state index in [1.54, 1.807) is 33.5 Å². The molecule has 1 aromatic rings. The number of carbonyl (C=O) groups excluding carboxylic acids is 1. The van der Waals surface area contributed by atoms with Crippen molar-refractivity contribution in [2.24, 2.45) is 0 Å². The highest BCUT2D eigenvalue weighted by Crippen LogP contribution is 2.38. The third-order valence-electron chi connectivity index (χ3n) is 4.22. The van der Waals surface area contributed by atoms with E-state index in [0.29, 0.717) is 17.2 Å². The summed E-state index contributed by atoms with van der Waals surface area (Å²) in [5, 5.41) is 0. The van der Waals surface area contributed by atoms with Crippen LogP contribution in [-0.4, -0.2) is 45.2 Å². The zero-order valence-electron chi connectivity index (χ0n) is 15.7. The Morgan fingerprint density at radius 3 is 2.08 bits per heavy atom. The van der Waals surface area contributed by atoms with Crippen LogP contribution in [0.15, 0.2) is 42.5 Å². The van der Waals surface area contributed by atoms with Crippen LogP contribution in [0.1, 0.15) is 24.8 Å². The summed E-state index contributed by atoms with van der Waals surface area (Å²) in [4.78, 5) is 13.9. The molecule has 1 amide bonds. The molecule has 1 aliphatic rings. The van der Waals surface area contributed by atoms with Crippen molar-refractivity contribution in [2.45, 2.75) is 19.3 Å². The number of amides is 1. The monoisotopic (exact) mass is 357 g/mol. The molecule has 0 radical (unpaired) electrons. The standard InChI is InChI=1S/C21H27NO4/c1-24-18-15-17(16-19(25-2)21(18)26-3)11-7-4-5-8-12-20(23)22-13-9-6-10-14-22/h4-5,7-8,11-12,15-16H,6,9-10,13-14H2,1-3H3/b5-4+,11-7+,12-8+. The maximum absolute atomic E-state index is 12.0. The van der Waals surface area contributed by atoms with E-state index in [2.05, 4.69) is 0 Å². The van der Waals surface area contributed by atoms with Crippen molar-refractivity contribution in [3.05, 3.63) is 48.1 Å². The average molecular weight is 357 g/mol. The maximum atomic E-state index is 12.0. The second-order valence-electron chi connectivity index (χ2n) is 5.95. The van der Waals surface area contributed by atoms with Gasteiger partial charge in [0.25, 0.3) is 0 Å². The Hall–Kier alpha value is -2.69. The molecule has 5 nitrogen and oxygen atoms in total. The zero-order chi connectivity index (χ0) is 18.8. The lowest BCUT2D eigenvalue weighted by Gasteiger charge is -2.25. The van der Waals surface area contributed by atoms with E-state index in [1.807, 2.05) is 41.3 Å². The molecule has 5 heteroatoms. The fourth-order valence-electron chi connectivity index (χ4n) is 2.85. The van der Waals surface area contributed by atoms with Crippen molar-refractivity contribution in [1.82, 2.24) is 4.90 Å². The molecule has 0 aliphatic carbocycles. The second kappa shape index (κ2) is 10.3.